The van der Waals surface area contributed by atoms with E-state index in [4.69, 9.17) is 9.47 Å². The molecule has 3 fully saturated rings. The quantitative estimate of drug-likeness (QED) is 0.433. The van der Waals surface area contributed by atoms with Gasteiger partial charge in [-0.25, -0.2) is 9.59 Å². The van der Waals surface area contributed by atoms with Crippen molar-refractivity contribution in [3.63, 3.8) is 0 Å². The average molecular weight is 468 g/mol. The van der Waals surface area contributed by atoms with Crippen LogP contribution in [-0.4, -0.2) is 42.1 Å². The van der Waals surface area contributed by atoms with Gasteiger partial charge >= 0.3 is 11.9 Å². The maximum absolute atomic E-state index is 13.1. The van der Waals surface area contributed by atoms with Crippen molar-refractivity contribution in [3.8, 4) is 0 Å². The Labute approximate surface area is 193 Å². The summed E-state index contributed by atoms with van der Waals surface area (Å²) in [6.07, 6.45) is 4.62. The third kappa shape index (κ3) is 3.51. The fourth-order valence-electron chi connectivity index (χ4n) is 6.72. The Morgan fingerprint density at radius 1 is 0.969 bits per heavy atom. The highest BCUT2D eigenvalue weighted by Crippen LogP contribution is 2.73. The van der Waals surface area contributed by atoms with Crippen molar-refractivity contribution in [2.24, 2.45) is 17.3 Å². The number of ether oxygens (including phenoxy) is 2. The first-order valence-corrected chi connectivity index (χ1v) is 13.7. The number of carbonyl (C=O) groups is 2. The van der Waals surface area contributed by atoms with Crippen molar-refractivity contribution < 1.29 is 19.1 Å². The zero-order valence-corrected chi connectivity index (χ0v) is 20.5. The minimum absolute atomic E-state index is 0.191. The second kappa shape index (κ2) is 8.54. The van der Waals surface area contributed by atoms with E-state index in [1.807, 2.05) is 36.4 Å². The molecular weight excluding hydrogens is 438 g/mol. The molecule has 6 heteroatoms. The van der Waals surface area contributed by atoms with Crippen LogP contribution in [0.4, 0.5) is 0 Å². The SMILES string of the molecule is CPC12CCC(CP)(C1)C1CC(OC(=O)c3ccccc3)C(OC(=O)c3ccccc3)C12. The van der Waals surface area contributed by atoms with E-state index in [1.165, 1.54) is 19.3 Å². The first-order valence-electron chi connectivity index (χ1n) is 11.4. The lowest BCUT2D eigenvalue weighted by Crippen LogP contribution is -2.43. The van der Waals surface area contributed by atoms with Gasteiger partial charge in [-0.2, -0.15) is 0 Å². The molecule has 2 aromatic carbocycles. The van der Waals surface area contributed by atoms with Crippen molar-refractivity contribution in [3.05, 3.63) is 71.8 Å². The fourth-order valence-corrected chi connectivity index (χ4v) is 8.97. The van der Waals surface area contributed by atoms with Crippen LogP contribution in [0, 0.1) is 17.3 Å². The minimum atomic E-state index is -0.407. The highest BCUT2D eigenvalue weighted by atomic mass is 31.1. The summed E-state index contributed by atoms with van der Waals surface area (Å²) in [6, 6.07) is 18.2. The lowest BCUT2D eigenvalue weighted by atomic mass is 9.72. The molecule has 0 radical (unpaired) electrons. The van der Waals surface area contributed by atoms with Crippen molar-refractivity contribution in [1.29, 1.82) is 0 Å². The molecule has 168 valence electrons. The Bertz CT molecular complexity index is 997. The van der Waals surface area contributed by atoms with Gasteiger partial charge in [-0.15, -0.1) is 17.8 Å². The molecule has 3 aliphatic rings. The Kier molecular flexibility index (Phi) is 5.89. The smallest absolute Gasteiger partial charge is 0.338 e. The molecule has 0 amide bonds. The largest absolute Gasteiger partial charge is 0.455 e. The summed E-state index contributed by atoms with van der Waals surface area (Å²) < 4.78 is 12.3. The lowest BCUT2D eigenvalue weighted by molar-refractivity contribution is -0.0396. The normalized spacial score (nSPS) is 35.2. The van der Waals surface area contributed by atoms with Crippen LogP contribution in [0.1, 0.15) is 46.4 Å². The third-order valence-electron chi connectivity index (χ3n) is 8.23. The van der Waals surface area contributed by atoms with Crippen LogP contribution in [0.2, 0.25) is 0 Å². The number of fused-ring (bicyclic) bond motifs is 5. The number of benzene rings is 2. The molecular formula is C26H30O4P2. The first kappa shape index (κ1) is 22.1. The van der Waals surface area contributed by atoms with E-state index in [9.17, 15) is 9.59 Å². The van der Waals surface area contributed by atoms with Crippen LogP contribution in [0.25, 0.3) is 0 Å². The van der Waals surface area contributed by atoms with Gasteiger partial charge in [0, 0.05) is 5.92 Å². The van der Waals surface area contributed by atoms with Gasteiger partial charge < -0.3 is 9.47 Å². The van der Waals surface area contributed by atoms with Crippen LogP contribution in [-0.2, 0) is 9.47 Å². The molecule has 8 unspecified atom stereocenters. The van der Waals surface area contributed by atoms with E-state index in [-0.39, 0.29) is 28.4 Å². The Morgan fingerprint density at radius 3 is 2.12 bits per heavy atom. The Morgan fingerprint density at radius 2 is 1.56 bits per heavy atom. The lowest BCUT2D eigenvalue weighted by Gasteiger charge is -2.40. The van der Waals surface area contributed by atoms with Gasteiger partial charge in [0.25, 0.3) is 0 Å². The Hall–Kier alpha value is -1.76. The van der Waals surface area contributed by atoms with Crippen LogP contribution in [0.5, 0.6) is 0 Å². The molecule has 3 aliphatic carbocycles. The van der Waals surface area contributed by atoms with E-state index >= 15 is 0 Å². The van der Waals surface area contributed by atoms with Crippen LogP contribution >= 0.6 is 17.8 Å². The zero-order chi connectivity index (χ0) is 22.3. The maximum atomic E-state index is 13.1. The van der Waals surface area contributed by atoms with E-state index < -0.39 is 12.2 Å². The molecule has 0 heterocycles. The average Bonchev–Trinajstić information content (AvgIpc) is 3.49. The van der Waals surface area contributed by atoms with Crippen LogP contribution in [0.15, 0.2) is 60.7 Å². The molecule has 0 N–H and O–H groups in total. The molecule has 5 rings (SSSR count). The summed E-state index contributed by atoms with van der Waals surface area (Å²) in [5.74, 6) is 0.00982. The summed E-state index contributed by atoms with van der Waals surface area (Å²) >= 11 is 0. The van der Waals surface area contributed by atoms with Crippen molar-refractivity contribution in [2.75, 3.05) is 12.8 Å². The maximum Gasteiger partial charge on any atom is 0.338 e. The highest BCUT2D eigenvalue weighted by molar-refractivity contribution is 7.39. The molecule has 2 bridgehead atoms. The van der Waals surface area contributed by atoms with E-state index in [1.54, 1.807) is 24.3 Å². The Balaban J connectivity index is 1.46. The predicted molar refractivity (Wildman–Crippen MR) is 131 cm³/mol. The molecule has 32 heavy (non-hydrogen) atoms. The number of hydrogen-bond donors (Lipinski definition) is 0. The summed E-state index contributed by atoms with van der Waals surface area (Å²) in [7, 11) is 3.76. The molecule has 0 aliphatic heterocycles. The molecule has 0 spiro atoms. The van der Waals surface area contributed by atoms with Gasteiger partial charge in [-0.1, -0.05) is 36.4 Å². The van der Waals surface area contributed by atoms with Gasteiger partial charge in [0.15, 0.2) is 0 Å². The first-order chi connectivity index (χ1) is 15.5. The van der Waals surface area contributed by atoms with E-state index in [2.05, 4.69) is 15.9 Å². The van der Waals surface area contributed by atoms with Crippen molar-refractivity contribution in [2.45, 2.75) is 43.0 Å². The summed E-state index contributed by atoms with van der Waals surface area (Å²) in [6.45, 7) is 2.29. The van der Waals surface area contributed by atoms with E-state index in [0.29, 0.717) is 17.0 Å². The third-order valence-corrected chi connectivity index (χ3v) is 10.8. The molecule has 4 nitrogen and oxygen atoms in total. The zero-order valence-electron chi connectivity index (χ0n) is 18.3. The number of rotatable bonds is 6. The standard InChI is InChI=1S/C26H30O4P2/c1-32-26-13-12-25(15-26,16-31)19-14-20(29-23(27)17-8-4-2-5-9-17)22(21(19)26)30-24(28)18-10-6-3-7-11-18/h2-11,19-22,32H,12-16,31H2,1H3. The number of hydrogen-bond acceptors (Lipinski definition) is 4. The van der Waals surface area contributed by atoms with Gasteiger partial charge in [0.05, 0.1) is 11.1 Å². The monoisotopic (exact) mass is 468 g/mol. The summed E-state index contributed by atoms with van der Waals surface area (Å²) in [5.41, 5.74) is 1.33. The second-order valence-electron chi connectivity index (χ2n) is 9.56. The highest BCUT2D eigenvalue weighted by Gasteiger charge is 2.70. The summed E-state index contributed by atoms with van der Waals surface area (Å²) in [5, 5.41) is 0.191. The van der Waals surface area contributed by atoms with Crippen LogP contribution < -0.4 is 0 Å². The van der Waals surface area contributed by atoms with Gasteiger partial charge in [0.1, 0.15) is 12.2 Å². The molecule has 0 saturated heterocycles. The number of carbonyl (C=O) groups excluding carboxylic acids is 2. The second-order valence-corrected chi connectivity index (χ2v) is 11.5. The van der Waals surface area contributed by atoms with Crippen molar-refractivity contribution in [1.82, 2.24) is 0 Å². The molecule has 2 aromatic rings. The predicted octanol–water partition coefficient (Wildman–Crippen LogP) is 5.18. The topological polar surface area (TPSA) is 52.6 Å². The summed E-state index contributed by atoms with van der Waals surface area (Å²) in [4.78, 5) is 26.0. The van der Waals surface area contributed by atoms with Crippen LogP contribution in [0.3, 0.4) is 0 Å². The van der Waals surface area contributed by atoms with Gasteiger partial charge in [0.2, 0.25) is 0 Å². The van der Waals surface area contributed by atoms with Gasteiger partial charge in [-0.05, 0) is 79.3 Å². The van der Waals surface area contributed by atoms with E-state index in [0.717, 1.165) is 21.2 Å². The minimum Gasteiger partial charge on any atom is -0.455 e. The molecule has 0 aromatic heterocycles. The molecule has 8 atom stereocenters. The molecule has 3 saturated carbocycles. The number of esters is 2. The van der Waals surface area contributed by atoms with Crippen molar-refractivity contribution >= 4 is 29.8 Å². The van der Waals surface area contributed by atoms with Gasteiger partial charge in [-0.3, -0.25) is 0 Å². The fraction of sp³-hybridized carbons (Fsp3) is 0.462.